The molecule has 3 aromatic carbocycles. The highest BCUT2D eigenvalue weighted by Crippen LogP contribution is 2.33. The number of hydrogen-bond donors (Lipinski definition) is 1. The number of aryl methyl sites for hydroxylation is 1. The summed E-state index contributed by atoms with van der Waals surface area (Å²) in [6.07, 6.45) is -4.75. The van der Waals surface area contributed by atoms with Gasteiger partial charge in [-0.05, 0) is 68.8 Å². The van der Waals surface area contributed by atoms with Crippen molar-refractivity contribution in [1.82, 2.24) is 10.2 Å². The van der Waals surface area contributed by atoms with Gasteiger partial charge in [0.25, 0.3) is 10.0 Å². The summed E-state index contributed by atoms with van der Waals surface area (Å²) < 4.78 is 68.7. The van der Waals surface area contributed by atoms with E-state index >= 15 is 0 Å². The Kier molecular flexibility index (Phi) is 9.86. The van der Waals surface area contributed by atoms with Gasteiger partial charge in [0.15, 0.2) is 0 Å². The molecule has 2 amide bonds. The quantitative estimate of drug-likeness (QED) is 0.339. The minimum Gasteiger partial charge on any atom is -0.355 e. The second kappa shape index (κ2) is 12.7. The fraction of sp³-hybridized carbons (Fsp3) is 0.286. The third-order valence-electron chi connectivity index (χ3n) is 6.11. The van der Waals surface area contributed by atoms with Gasteiger partial charge < -0.3 is 10.2 Å². The highest BCUT2D eigenvalue weighted by atomic mass is 35.5. The number of nitrogens with one attached hydrogen (secondary N) is 1. The predicted molar refractivity (Wildman–Crippen MR) is 147 cm³/mol. The maximum Gasteiger partial charge on any atom is 0.416 e. The first-order chi connectivity index (χ1) is 18.7. The monoisotopic (exact) mass is 595 g/mol. The molecule has 7 nitrogen and oxygen atoms in total. The van der Waals surface area contributed by atoms with Crippen LogP contribution in [0.5, 0.6) is 0 Å². The Hall–Kier alpha value is -3.57. The summed E-state index contributed by atoms with van der Waals surface area (Å²) in [7, 11) is -4.50. The van der Waals surface area contributed by atoms with Gasteiger partial charge in [0.2, 0.25) is 11.8 Å². The lowest BCUT2D eigenvalue weighted by Gasteiger charge is -2.32. The zero-order valence-electron chi connectivity index (χ0n) is 22.1. The van der Waals surface area contributed by atoms with Gasteiger partial charge in [0.1, 0.15) is 12.6 Å². The lowest BCUT2D eigenvalue weighted by molar-refractivity contribution is -0.139. The van der Waals surface area contributed by atoms with E-state index in [2.05, 4.69) is 5.32 Å². The van der Waals surface area contributed by atoms with Crippen molar-refractivity contribution < 1.29 is 31.2 Å². The topological polar surface area (TPSA) is 86.8 Å². The Bertz CT molecular complexity index is 1460. The van der Waals surface area contributed by atoms with E-state index in [0.717, 1.165) is 17.7 Å². The van der Waals surface area contributed by atoms with E-state index in [1.165, 1.54) is 30.0 Å². The second-order valence-electron chi connectivity index (χ2n) is 9.09. The molecule has 0 aromatic heterocycles. The number of nitrogens with zero attached hydrogens (tertiary/aromatic N) is 2. The van der Waals surface area contributed by atoms with Crippen molar-refractivity contribution >= 4 is 39.1 Å². The van der Waals surface area contributed by atoms with Gasteiger partial charge in [0.05, 0.1) is 16.1 Å². The molecule has 1 atom stereocenters. The summed E-state index contributed by atoms with van der Waals surface area (Å²) in [4.78, 5) is 27.4. The maximum atomic E-state index is 13.8. The molecule has 0 aliphatic heterocycles. The summed E-state index contributed by atoms with van der Waals surface area (Å²) in [5.41, 5.74) is -0.0849. The van der Waals surface area contributed by atoms with Crippen molar-refractivity contribution in [1.29, 1.82) is 0 Å². The molecule has 0 saturated carbocycles. The fourth-order valence-corrected chi connectivity index (χ4v) is 5.56. The number of carbonyl (C=O) groups is 2. The molecule has 40 heavy (non-hydrogen) atoms. The van der Waals surface area contributed by atoms with Gasteiger partial charge >= 0.3 is 6.18 Å². The molecule has 1 unspecified atom stereocenters. The number of carbonyl (C=O) groups excluding carboxylic acids is 2. The summed E-state index contributed by atoms with van der Waals surface area (Å²) in [5, 5.41) is 3.02. The fourth-order valence-electron chi connectivity index (χ4n) is 3.94. The van der Waals surface area contributed by atoms with E-state index in [1.807, 2.05) is 0 Å². The zero-order chi connectivity index (χ0) is 29.7. The van der Waals surface area contributed by atoms with E-state index in [1.54, 1.807) is 50.2 Å². The summed E-state index contributed by atoms with van der Waals surface area (Å²) in [6.45, 7) is 4.27. The van der Waals surface area contributed by atoms with E-state index in [4.69, 9.17) is 11.6 Å². The maximum absolute atomic E-state index is 13.8. The molecule has 3 aromatic rings. The van der Waals surface area contributed by atoms with Crippen molar-refractivity contribution in [2.24, 2.45) is 0 Å². The molecule has 214 valence electrons. The molecule has 0 heterocycles. The van der Waals surface area contributed by atoms with Gasteiger partial charge in [-0.2, -0.15) is 13.2 Å². The van der Waals surface area contributed by atoms with Crippen LogP contribution in [0.25, 0.3) is 0 Å². The van der Waals surface area contributed by atoms with Crippen molar-refractivity contribution in [3.63, 3.8) is 0 Å². The molecule has 12 heteroatoms. The number of rotatable bonds is 10. The van der Waals surface area contributed by atoms with Crippen LogP contribution < -0.4 is 9.62 Å². The van der Waals surface area contributed by atoms with Crippen LogP contribution in [-0.4, -0.2) is 44.3 Å². The average Bonchev–Trinajstić information content (AvgIpc) is 2.89. The lowest BCUT2D eigenvalue weighted by Crippen LogP contribution is -2.51. The lowest BCUT2D eigenvalue weighted by atomic mass is 10.1. The number of halogens is 4. The zero-order valence-corrected chi connectivity index (χ0v) is 23.6. The van der Waals surface area contributed by atoms with Gasteiger partial charge in [-0.25, -0.2) is 8.42 Å². The summed E-state index contributed by atoms with van der Waals surface area (Å²) in [5.74, 6) is -1.28. The van der Waals surface area contributed by atoms with Crippen LogP contribution in [0.2, 0.25) is 5.02 Å². The van der Waals surface area contributed by atoms with Crippen LogP contribution in [0, 0.1) is 6.92 Å². The number of sulfonamides is 1. The average molecular weight is 596 g/mol. The molecule has 3 rings (SSSR count). The van der Waals surface area contributed by atoms with Crippen LogP contribution in [0.4, 0.5) is 18.9 Å². The predicted octanol–water partition coefficient (Wildman–Crippen LogP) is 5.42. The molecule has 0 saturated heterocycles. The van der Waals surface area contributed by atoms with E-state index in [9.17, 15) is 31.2 Å². The number of hydrogen-bond acceptors (Lipinski definition) is 4. The summed E-state index contributed by atoms with van der Waals surface area (Å²) >= 11 is 6.09. The van der Waals surface area contributed by atoms with Gasteiger partial charge in [0, 0.05) is 18.1 Å². The van der Waals surface area contributed by atoms with Crippen LogP contribution in [0.3, 0.4) is 0 Å². The number of amides is 2. The van der Waals surface area contributed by atoms with Gasteiger partial charge in [-0.15, -0.1) is 0 Å². The van der Waals surface area contributed by atoms with E-state index < -0.39 is 46.2 Å². The standard InChI is InChI=1S/C28H29ClF3N3O4S/c1-4-33-27(37)20(3)34(17-21-7-5-9-23(29)15-21)26(36)18-35(24-10-6-8-22(16-24)28(30,31)32)40(38,39)25-13-11-19(2)12-14-25/h5-16,20H,4,17-18H2,1-3H3,(H,33,37). The molecule has 0 aliphatic rings. The Balaban J connectivity index is 2.09. The van der Waals surface area contributed by atoms with Crippen LogP contribution >= 0.6 is 11.6 Å². The minimum atomic E-state index is -4.75. The number of likely N-dealkylation sites (N-methyl/N-ethyl adjacent to an activating group) is 1. The van der Waals surface area contributed by atoms with Gasteiger partial charge in [-0.1, -0.05) is 47.5 Å². The number of anilines is 1. The van der Waals surface area contributed by atoms with E-state index in [-0.39, 0.29) is 17.1 Å². The molecule has 0 fully saturated rings. The minimum absolute atomic E-state index is 0.0985. The van der Waals surface area contributed by atoms with Crippen molar-refractivity contribution in [3.8, 4) is 0 Å². The first-order valence-electron chi connectivity index (χ1n) is 12.3. The molecule has 0 aliphatic carbocycles. The number of alkyl halides is 3. The highest BCUT2D eigenvalue weighted by Gasteiger charge is 2.35. The molecule has 1 N–H and O–H groups in total. The normalized spacial score (nSPS) is 12.5. The first-order valence-corrected chi connectivity index (χ1v) is 14.1. The molecular formula is C28H29ClF3N3O4S. The van der Waals surface area contributed by atoms with Crippen molar-refractivity contribution in [3.05, 3.63) is 94.5 Å². The first kappa shape index (κ1) is 31.0. The Labute approximate surface area is 236 Å². The molecule has 0 spiro atoms. The van der Waals surface area contributed by atoms with Crippen molar-refractivity contribution in [2.75, 3.05) is 17.4 Å². The molecule has 0 radical (unpaired) electrons. The molecule has 0 bridgehead atoms. The van der Waals surface area contributed by atoms with E-state index in [0.29, 0.717) is 27.5 Å². The third kappa shape index (κ3) is 7.54. The SMILES string of the molecule is CCNC(=O)C(C)N(Cc1cccc(Cl)c1)C(=O)CN(c1cccc(C(F)(F)F)c1)S(=O)(=O)c1ccc(C)cc1. The largest absolute Gasteiger partial charge is 0.416 e. The Morgan fingerprint density at radius 1 is 1.00 bits per heavy atom. The van der Waals surface area contributed by atoms with Gasteiger partial charge in [-0.3, -0.25) is 13.9 Å². The number of benzene rings is 3. The van der Waals surface area contributed by atoms with Crippen LogP contribution in [0.15, 0.2) is 77.7 Å². The second-order valence-corrected chi connectivity index (χ2v) is 11.4. The third-order valence-corrected chi connectivity index (χ3v) is 8.13. The Morgan fingerprint density at radius 3 is 2.25 bits per heavy atom. The summed E-state index contributed by atoms with van der Waals surface area (Å²) in [6, 6.07) is 15.0. The molecular weight excluding hydrogens is 567 g/mol. The van der Waals surface area contributed by atoms with Crippen LogP contribution in [0.1, 0.15) is 30.5 Å². The van der Waals surface area contributed by atoms with Crippen molar-refractivity contribution in [2.45, 2.75) is 44.4 Å². The highest BCUT2D eigenvalue weighted by molar-refractivity contribution is 7.92. The Morgan fingerprint density at radius 2 is 1.65 bits per heavy atom. The smallest absolute Gasteiger partial charge is 0.355 e. The van der Waals surface area contributed by atoms with Crippen LogP contribution in [-0.2, 0) is 32.3 Å².